The summed E-state index contributed by atoms with van der Waals surface area (Å²) >= 11 is 3.40. The molecule has 0 bridgehead atoms. The maximum atomic E-state index is 11.3. The van der Waals surface area contributed by atoms with Crippen LogP contribution in [0.3, 0.4) is 0 Å². The highest BCUT2D eigenvalue weighted by molar-refractivity contribution is 9.09. The van der Waals surface area contributed by atoms with Crippen LogP contribution in [0.4, 0.5) is 0 Å². The van der Waals surface area contributed by atoms with Crippen molar-refractivity contribution in [1.29, 1.82) is 0 Å². The maximum Gasteiger partial charge on any atom is 0.311 e. The van der Waals surface area contributed by atoms with E-state index in [0.29, 0.717) is 0 Å². The Balaban J connectivity index is 2.16. The predicted octanol–water partition coefficient (Wildman–Crippen LogP) is 2.89. The molecule has 1 rings (SSSR count). The van der Waals surface area contributed by atoms with E-state index in [1.165, 1.54) is 20.0 Å². The van der Waals surface area contributed by atoms with Crippen LogP contribution in [0.2, 0.25) is 0 Å². The number of alkyl halides is 1. The molecule has 0 saturated heterocycles. The van der Waals surface area contributed by atoms with Gasteiger partial charge in [0.2, 0.25) is 0 Å². The number of esters is 1. The van der Waals surface area contributed by atoms with Crippen LogP contribution in [-0.2, 0) is 9.53 Å². The first kappa shape index (κ1) is 11.0. The molecule has 0 aromatic heterocycles. The Labute approximate surface area is 88.2 Å². The zero-order valence-corrected chi connectivity index (χ0v) is 9.73. The Bertz CT molecular complexity index is 176. The first-order chi connectivity index (χ1) is 6.25. The molecule has 1 aliphatic rings. The molecule has 3 heteroatoms. The Kier molecular flexibility index (Phi) is 4.23. The van der Waals surface area contributed by atoms with Crippen molar-refractivity contribution in [3.63, 3.8) is 0 Å². The fraction of sp³-hybridized carbons (Fsp3) is 0.900. The summed E-state index contributed by atoms with van der Waals surface area (Å²) in [6.45, 7) is 0. The molecule has 13 heavy (non-hydrogen) atoms. The molecule has 1 aliphatic carbocycles. The van der Waals surface area contributed by atoms with Gasteiger partial charge in [-0.05, 0) is 25.7 Å². The lowest BCUT2D eigenvalue weighted by molar-refractivity contribution is -0.147. The molecule has 0 N–H and O–H groups in total. The quantitative estimate of drug-likeness (QED) is 0.411. The van der Waals surface area contributed by atoms with E-state index in [1.54, 1.807) is 0 Å². The van der Waals surface area contributed by atoms with Crippen molar-refractivity contribution in [2.24, 2.45) is 5.41 Å². The number of carbonyl (C=O) groups is 1. The summed E-state index contributed by atoms with van der Waals surface area (Å²) in [5.74, 6) is 0.00587. The molecule has 0 aromatic carbocycles. The second-order valence-electron chi connectivity index (χ2n) is 3.77. The highest BCUT2D eigenvalue weighted by atomic mass is 79.9. The summed E-state index contributed by atoms with van der Waals surface area (Å²) in [4.78, 5) is 11.3. The number of carbonyl (C=O) groups excluding carboxylic acids is 1. The lowest BCUT2D eigenvalue weighted by Crippen LogP contribution is -2.17. The topological polar surface area (TPSA) is 26.3 Å². The minimum absolute atomic E-state index is 0.00587. The lowest BCUT2D eigenvalue weighted by Gasteiger charge is -2.11. The van der Waals surface area contributed by atoms with Gasteiger partial charge in [0.1, 0.15) is 0 Å². The third-order valence-electron chi connectivity index (χ3n) is 2.76. The molecular weight excluding hydrogens is 232 g/mol. The number of rotatable bonds is 6. The summed E-state index contributed by atoms with van der Waals surface area (Å²) in [7, 11) is 1.49. The molecule has 0 amide bonds. The zero-order valence-electron chi connectivity index (χ0n) is 8.14. The molecule has 0 aromatic rings. The second kappa shape index (κ2) is 4.99. The van der Waals surface area contributed by atoms with E-state index in [-0.39, 0.29) is 11.4 Å². The molecule has 0 aliphatic heterocycles. The van der Waals surface area contributed by atoms with Crippen LogP contribution < -0.4 is 0 Å². The molecule has 1 saturated carbocycles. The summed E-state index contributed by atoms with van der Waals surface area (Å²) in [6, 6.07) is 0. The smallest absolute Gasteiger partial charge is 0.311 e. The van der Waals surface area contributed by atoms with E-state index >= 15 is 0 Å². The number of hydrogen-bond acceptors (Lipinski definition) is 2. The van der Waals surface area contributed by atoms with Crippen molar-refractivity contribution < 1.29 is 9.53 Å². The number of unbranched alkanes of at least 4 members (excludes halogenated alkanes) is 2. The van der Waals surface area contributed by atoms with Gasteiger partial charge in [-0.3, -0.25) is 4.79 Å². The number of ether oxygens (including phenoxy) is 1. The van der Waals surface area contributed by atoms with Gasteiger partial charge in [0, 0.05) is 5.33 Å². The van der Waals surface area contributed by atoms with Crippen LogP contribution in [0.5, 0.6) is 0 Å². The van der Waals surface area contributed by atoms with E-state index < -0.39 is 0 Å². The average molecular weight is 249 g/mol. The first-order valence-corrected chi connectivity index (χ1v) is 6.02. The van der Waals surface area contributed by atoms with Crippen molar-refractivity contribution in [2.45, 2.75) is 38.5 Å². The van der Waals surface area contributed by atoms with Gasteiger partial charge in [-0.15, -0.1) is 0 Å². The standard InChI is InChI=1S/C10H17BrO2/c1-13-9(12)10(6-7-10)5-3-2-4-8-11/h2-8H2,1H3. The molecule has 0 unspecified atom stereocenters. The van der Waals surface area contributed by atoms with Crippen LogP contribution >= 0.6 is 15.9 Å². The summed E-state index contributed by atoms with van der Waals surface area (Å²) in [5, 5.41) is 1.07. The third kappa shape index (κ3) is 2.97. The highest BCUT2D eigenvalue weighted by Gasteiger charge is 2.49. The van der Waals surface area contributed by atoms with Crippen LogP contribution in [0.15, 0.2) is 0 Å². The SMILES string of the molecule is COC(=O)C1(CCCCCBr)CC1. The lowest BCUT2D eigenvalue weighted by atomic mass is 9.99. The summed E-state index contributed by atoms with van der Waals surface area (Å²) in [5.41, 5.74) is -0.0684. The Morgan fingerprint density at radius 3 is 2.54 bits per heavy atom. The van der Waals surface area contributed by atoms with Gasteiger partial charge in [0.05, 0.1) is 12.5 Å². The second-order valence-corrected chi connectivity index (χ2v) is 4.56. The van der Waals surface area contributed by atoms with Gasteiger partial charge < -0.3 is 4.74 Å². The molecule has 0 atom stereocenters. The van der Waals surface area contributed by atoms with E-state index in [1.807, 2.05) is 0 Å². The van der Waals surface area contributed by atoms with Crippen molar-refractivity contribution >= 4 is 21.9 Å². The molecule has 0 heterocycles. The van der Waals surface area contributed by atoms with Gasteiger partial charge in [-0.1, -0.05) is 28.8 Å². The van der Waals surface area contributed by atoms with E-state index in [9.17, 15) is 4.79 Å². The highest BCUT2D eigenvalue weighted by Crippen LogP contribution is 2.50. The average Bonchev–Trinajstić information content (AvgIpc) is 2.92. The van der Waals surface area contributed by atoms with Crippen LogP contribution in [-0.4, -0.2) is 18.4 Å². The first-order valence-electron chi connectivity index (χ1n) is 4.89. The largest absolute Gasteiger partial charge is 0.469 e. The van der Waals surface area contributed by atoms with Gasteiger partial charge in [0.25, 0.3) is 0 Å². The van der Waals surface area contributed by atoms with Crippen LogP contribution in [0.1, 0.15) is 38.5 Å². The molecular formula is C10H17BrO2. The van der Waals surface area contributed by atoms with Crippen molar-refractivity contribution in [2.75, 3.05) is 12.4 Å². The molecule has 0 radical (unpaired) electrons. The normalized spacial score (nSPS) is 18.3. The molecule has 76 valence electrons. The van der Waals surface area contributed by atoms with E-state index in [4.69, 9.17) is 4.74 Å². The van der Waals surface area contributed by atoms with E-state index in [2.05, 4.69) is 15.9 Å². The van der Waals surface area contributed by atoms with Gasteiger partial charge in [0.15, 0.2) is 0 Å². The van der Waals surface area contributed by atoms with Gasteiger partial charge >= 0.3 is 5.97 Å². The summed E-state index contributed by atoms with van der Waals surface area (Å²) < 4.78 is 4.79. The minimum atomic E-state index is -0.0684. The Hall–Kier alpha value is -0.0500. The molecule has 2 nitrogen and oxygen atoms in total. The third-order valence-corrected chi connectivity index (χ3v) is 3.32. The van der Waals surface area contributed by atoms with Crippen molar-refractivity contribution in [1.82, 2.24) is 0 Å². The number of methoxy groups -OCH3 is 1. The Morgan fingerprint density at radius 2 is 2.08 bits per heavy atom. The number of halogens is 1. The fourth-order valence-corrected chi connectivity index (χ4v) is 2.05. The maximum absolute atomic E-state index is 11.3. The number of hydrogen-bond donors (Lipinski definition) is 0. The molecule has 0 spiro atoms. The monoisotopic (exact) mass is 248 g/mol. The van der Waals surface area contributed by atoms with Crippen LogP contribution in [0.25, 0.3) is 0 Å². The van der Waals surface area contributed by atoms with E-state index in [0.717, 1.165) is 31.0 Å². The Morgan fingerprint density at radius 1 is 1.38 bits per heavy atom. The van der Waals surface area contributed by atoms with Crippen molar-refractivity contribution in [3.8, 4) is 0 Å². The molecule has 1 fully saturated rings. The van der Waals surface area contributed by atoms with Crippen LogP contribution in [0, 0.1) is 5.41 Å². The van der Waals surface area contributed by atoms with Crippen molar-refractivity contribution in [3.05, 3.63) is 0 Å². The zero-order chi connectivity index (χ0) is 9.73. The predicted molar refractivity (Wildman–Crippen MR) is 55.9 cm³/mol. The summed E-state index contributed by atoms with van der Waals surface area (Å²) in [6.07, 6.45) is 6.66. The fourth-order valence-electron chi connectivity index (χ4n) is 1.66. The van der Waals surface area contributed by atoms with Gasteiger partial charge in [-0.25, -0.2) is 0 Å². The van der Waals surface area contributed by atoms with Gasteiger partial charge in [-0.2, -0.15) is 0 Å². The minimum Gasteiger partial charge on any atom is -0.469 e.